The van der Waals surface area contributed by atoms with Gasteiger partial charge in [-0.05, 0) is 36.8 Å². The van der Waals surface area contributed by atoms with E-state index in [-0.39, 0.29) is 18.2 Å². The van der Waals surface area contributed by atoms with Crippen molar-refractivity contribution in [1.29, 1.82) is 0 Å². The largest absolute Gasteiger partial charge is 0.272 e. The second kappa shape index (κ2) is 7.33. The van der Waals surface area contributed by atoms with Crippen LogP contribution in [0.15, 0.2) is 67.3 Å². The molecule has 134 valence electrons. The van der Waals surface area contributed by atoms with Gasteiger partial charge in [-0.15, -0.1) is 0 Å². The van der Waals surface area contributed by atoms with E-state index in [2.05, 4.69) is 15.0 Å². The first kappa shape index (κ1) is 16.8. The maximum atomic E-state index is 13.0. The number of rotatable bonds is 3. The van der Waals surface area contributed by atoms with Gasteiger partial charge >= 0.3 is 0 Å². The minimum Gasteiger partial charge on any atom is -0.272 e. The molecule has 0 aliphatic carbocycles. The first-order chi connectivity index (χ1) is 13.2. The molecule has 0 saturated heterocycles. The molecule has 1 aliphatic heterocycles. The summed E-state index contributed by atoms with van der Waals surface area (Å²) in [5.41, 5.74) is 2.49. The van der Waals surface area contributed by atoms with Crippen LogP contribution in [0.3, 0.4) is 0 Å². The van der Waals surface area contributed by atoms with Gasteiger partial charge in [-0.1, -0.05) is 12.1 Å². The molecule has 0 bridgehead atoms. The van der Waals surface area contributed by atoms with Crippen molar-refractivity contribution in [1.82, 2.24) is 25.0 Å². The highest BCUT2D eigenvalue weighted by Crippen LogP contribution is 2.18. The molecule has 0 fully saturated rings. The summed E-state index contributed by atoms with van der Waals surface area (Å²) in [5, 5.41) is 2.84. The van der Waals surface area contributed by atoms with Gasteiger partial charge in [0, 0.05) is 42.6 Å². The van der Waals surface area contributed by atoms with Crippen LogP contribution in [0.1, 0.15) is 22.5 Å². The Hall–Kier alpha value is -3.61. The maximum Gasteiger partial charge on any atom is 0.272 e. The van der Waals surface area contributed by atoms with Crippen molar-refractivity contribution in [3.05, 3.63) is 78.5 Å². The molecule has 1 aromatic carbocycles. The van der Waals surface area contributed by atoms with Crippen LogP contribution >= 0.6 is 0 Å². The average Bonchev–Trinajstić information content (AvgIpc) is 2.73. The van der Waals surface area contributed by atoms with E-state index in [1.807, 2.05) is 12.1 Å². The summed E-state index contributed by atoms with van der Waals surface area (Å²) in [5.74, 6) is -0.458. The number of benzene rings is 1. The van der Waals surface area contributed by atoms with Crippen molar-refractivity contribution < 1.29 is 9.59 Å². The predicted molar refractivity (Wildman–Crippen MR) is 99.1 cm³/mol. The Labute approximate surface area is 156 Å². The van der Waals surface area contributed by atoms with E-state index < -0.39 is 0 Å². The van der Waals surface area contributed by atoms with Gasteiger partial charge in [-0.2, -0.15) is 0 Å². The normalized spacial score (nSPS) is 13.8. The topological polar surface area (TPSA) is 79.3 Å². The van der Waals surface area contributed by atoms with Crippen molar-refractivity contribution in [3.8, 4) is 0 Å². The molecule has 7 heteroatoms. The Kier molecular flexibility index (Phi) is 4.57. The molecule has 3 aromatic rings. The second-order valence-corrected chi connectivity index (χ2v) is 6.10. The van der Waals surface area contributed by atoms with Crippen LogP contribution in [0.5, 0.6) is 0 Å². The number of amides is 2. The van der Waals surface area contributed by atoms with Gasteiger partial charge in [0.25, 0.3) is 11.8 Å². The molecule has 0 unspecified atom stereocenters. The third-order valence-electron chi connectivity index (χ3n) is 4.28. The first-order valence-corrected chi connectivity index (χ1v) is 8.63. The van der Waals surface area contributed by atoms with Gasteiger partial charge in [-0.25, -0.2) is 10.0 Å². The molecule has 4 rings (SSSR count). The maximum absolute atomic E-state index is 13.0. The van der Waals surface area contributed by atoms with Gasteiger partial charge < -0.3 is 0 Å². The van der Waals surface area contributed by atoms with Crippen molar-refractivity contribution in [2.24, 2.45) is 0 Å². The summed E-state index contributed by atoms with van der Waals surface area (Å²) in [6.07, 6.45) is 9.18. The molecule has 0 atom stereocenters. The molecule has 7 nitrogen and oxygen atoms in total. The van der Waals surface area contributed by atoms with Gasteiger partial charge in [0.15, 0.2) is 0 Å². The fraction of sp³-hybridized carbons (Fsp3) is 0.150. The highest BCUT2D eigenvalue weighted by atomic mass is 16.2. The lowest BCUT2D eigenvalue weighted by molar-refractivity contribution is -0.139. The highest BCUT2D eigenvalue weighted by Gasteiger charge is 2.27. The molecule has 0 radical (unpaired) electrons. The van der Waals surface area contributed by atoms with Crippen LogP contribution in [0, 0.1) is 0 Å². The Balaban J connectivity index is 1.58. The molecular formula is C20H17N5O2. The number of fused-ring (bicyclic) bond motifs is 1. The Morgan fingerprint density at radius 1 is 0.963 bits per heavy atom. The van der Waals surface area contributed by atoms with Crippen LogP contribution < -0.4 is 0 Å². The number of hydrogen-bond donors (Lipinski definition) is 0. The zero-order valence-corrected chi connectivity index (χ0v) is 14.5. The molecule has 27 heavy (non-hydrogen) atoms. The van der Waals surface area contributed by atoms with E-state index in [0.717, 1.165) is 5.52 Å². The Bertz CT molecular complexity index is 1020. The average molecular weight is 359 g/mol. The lowest BCUT2D eigenvalue weighted by Crippen LogP contribution is -2.49. The summed E-state index contributed by atoms with van der Waals surface area (Å²) in [6, 6.07) is 10.6. The summed E-state index contributed by atoms with van der Waals surface area (Å²) >= 11 is 0. The number of nitrogens with zero attached hydrogens (tertiary/aromatic N) is 5. The van der Waals surface area contributed by atoms with Crippen LogP contribution in [-0.4, -0.2) is 43.3 Å². The third kappa shape index (κ3) is 3.52. The molecule has 0 N–H and O–H groups in total. The van der Waals surface area contributed by atoms with Crippen LogP contribution in [0.4, 0.5) is 0 Å². The first-order valence-electron chi connectivity index (χ1n) is 8.63. The smallest absolute Gasteiger partial charge is 0.272 e. The van der Waals surface area contributed by atoms with Gasteiger partial charge in [0.2, 0.25) is 0 Å². The van der Waals surface area contributed by atoms with Crippen molar-refractivity contribution in [2.75, 3.05) is 6.54 Å². The zero-order chi connectivity index (χ0) is 18.6. The summed E-state index contributed by atoms with van der Waals surface area (Å²) in [4.78, 5) is 38.4. The van der Waals surface area contributed by atoms with Crippen LogP contribution in [-0.2, 0) is 11.2 Å². The van der Waals surface area contributed by atoms with Gasteiger partial charge in [-0.3, -0.25) is 24.5 Å². The Morgan fingerprint density at radius 3 is 2.63 bits per heavy atom. The quantitative estimate of drug-likeness (QED) is 0.717. The minimum absolute atomic E-state index is 0.123. The van der Waals surface area contributed by atoms with Crippen molar-refractivity contribution in [2.45, 2.75) is 12.8 Å². The summed E-state index contributed by atoms with van der Waals surface area (Å²) < 4.78 is 0. The van der Waals surface area contributed by atoms with E-state index in [1.165, 1.54) is 10.0 Å². The van der Waals surface area contributed by atoms with E-state index in [4.69, 9.17) is 0 Å². The molecule has 2 aromatic heterocycles. The summed E-state index contributed by atoms with van der Waals surface area (Å²) in [7, 11) is 0. The van der Waals surface area contributed by atoms with Crippen LogP contribution in [0.2, 0.25) is 0 Å². The number of hydrazine groups is 1. The lowest BCUT2D eigenvalue weighted by atomic mass is 10.1. The summed E-state index contributed by atoms with van der Waals surface area (Å²) in [6.45, 7) is 0.432. The number of aromatic nitrogens is 3. The molecule has 3 heterocycles. The molecule has 1 aliphatic rings. The number of hydrogen-bond acceptors (Lipinski definition) is 5. The highest BCUT2D eigenvalue weighted by molar-refractivity contribution is 5.98. The Morgan fingerprint density at radius 2 is 1.81 bits per heavy atom. The number of pyridine rings is 1. The van der Waals surface area contributed by atoms with E-state index in [1.54, 1.807) is 55.1 Å². The van der Waals surface area contributed by atoms with E-state index >= 15 is 0 Å². The fourth-order valence-corrected chi connectivity index (χ4v) is 2.96. The molecule has 0 spiro atoms. The monoisotopic (exact) mass is 359 g/mol. The fourth-order valence-electron chi connectivity index (χ4n) is 2.96. The van der Waals surface area contributed by atoms with E-state index in [9.17, 15) is 9.59 Å². The molecule has 0 saturated carbocycles. The zero-order valence-electron chi connectivity index (χ0n) is 14.5. The van der Waals surface area contributed by atoms with Crippen molar-refractivity contribution in [3.63, 3.8) is 0 Å². The molecular weight excluding hydrogens is 342 g/mol. The number of carbonyl (C=O) groups is 2. The van der Waals surface area contributed by atoms with Crippen LogP contribution in [0.25, 0.3) is 11.0 Å². The lowest BCUT2D eigenvalue weighted by Gasteiger charge is -2.34. The second-order valence-electron chi connectivity index (χ2n) is 6.10. The third-order valence-corrected chi connectivity index (χ3v) is 4.28. The number of carbonyl (C=O) groups excluding carboxylic acids is 2. The van der Waals surface area contributed by atoms with E-state index in [0.29, 0.717) is 29.7 Å². The molecule has 2 amide bonds. The predicted octanol–water partition coefficient (Wildman–Crippen LogP) is 2.37. The van der Waals surface area contributed by atoms with Crippen molar-refractivity contribution >= 4 is 22.8 Å². The van der Waals surface area contributed by atoms with Gasteiger partial charge in [0.1, 0.15) is 0 Å². The standard InChI is InChI=1S/C20H17N5O2/c26-19(14-16-5-1-2-8-21-16)24-11-3-4-12-25(24)20(27)15-6-7-17-18(13-15)23-10-9-22-17/h1-3,5-11,13H,4,12,14H2. The van der Waals surface area contributed by atoms with Gasteiger partial charge in [0.05, 0.1) is 17.5 Å². The minimum atomic E-state index is -0.249. The SMILES string of the molecule is O=C(Cc1ccccn1)N1C=CCCN1C(=O)c1ccc2nccnc2c1.